The van der Waals surface area contributed by atoms with E-state index in [1.807, 2.05) is 6.92 Å². The predicted octanol–water partition coefficient (Wildman–Crippen LogP) is 2.33. The maximum atomic E-state index is 13.0. The number of halogens is 1. The van der Waals surface area contributed by atoms with Gasteiger partial charge in [-0.2, -0.15) is 0 Å². The van der Waals surface area contributed by atoms with Crippen LogP contribution >= 0.6 is 11.8 Å². The number of amides is 1. The molecule has 122 valence electrons. The van der Waals surface area contributed by atoms with Crippen molar-refractivity contribution in [1.29, 1.82) is 0 Å². The molecule has 1 aliphatic rings. The second kappa shape index (κ2) is 6.95. The lowest BCUT2D eigenvalue weighted by molar-refractivity contribution is -0.137. The fourth-order valence-corrected chi connectivity index (χ4v) is 3.51. The van der Waals surface area contributed by atoms with Crippen molar-refractivity contribution in [2.75, 3.05) is 12.8 Å². The van der Waals surface area contributed by atoms with Crippen LogP contribution in [0.25, 0.3) is 0 Å². The van der Waals surface area contributed by atoms with Gasteiger partial charge in [0.05, 0.1) is 6.42 Å². The van der Waals surface area contributed by atoms with Crippen LogP contribution in [0.1, 0.15) is 23.7 Å². The normalized spacial score (nSPS) is 17.8. The van der Waals surface area contributed by atoms with Crippen LogP contribution in [0, 0.1) is 5.82 Å². The molecule has 1 aromatic rings. The van der Waals surface area contributed by atoms with Gasteiger partial charge in [0.25, 0.3) is 5.91 Å². The summed E-state index contributed by atoms with van der Waals surface area (Å²) >= 11 is 1.38. The van der Waals surface area contributed by atoms with Crippen LogP contribution in [0.4, 0.5) is 4.39 Å². The highest BCUT2D eigenvalue weighted by Gasteiger charge is 2.41. The molecule has 0 bridgehead atoms. The van der Waals surface area contributed by atoms with Crippen LogP contribution in [0.3, 0.4) is 0 Å². The number of aliphatic carboxylic acids is 1. The molecule has 0 spiro atoms. The summed E-state index contributed by atoms with van der Waals surface area (Å²) in [6.45, 7) is 1.89. The summed E-state index contributed by atoms with van der Waals surface area (Å²) in [5, 5.41) is 8.50. The van der Waals surface area contributed by atoms with Crippen molar-refractivity contribution in [2.45, 2.75) is 18.7 Å². The molecular formula is C16H16FNO4S. The van der Waals surface area contributed by atoms with Crippen LogP contribution in [0.2, 0.25) is 0 Å². The van der Waals surface area contributed by atoms with Crippen molar-refractivity contribution in [3.63, 3.8) is 0 Å². The Morgan fingerprint density at radius 3 is 2.43 bits per heavy atom. The number of carboxylic acid groups (broad SMARTS) is 1. The number of likely N-dealkylation sites (N-methyl/N-ethyl adjacent to an activating group) is 1. The summed E-state index contributed by atoms with van der Waals surface area (Å²) in [6, 6.07) is 4.99. The molecule has 1 heterocycles. The molecule has 0 saturated carbocycles. The predicted molar refractivity (Wildman–Crippen MR) is 84.7 cm³/mol. The van der Waals surface area contributed by atoms with Gasteiger partial charge in [0, 0.05) is 23.8 Å². The van der Waals surface area contributed by atoms with Crippen LogP contribution < -0.4 is 0 Å². The van der Waals surface area contributed by atoms with Gasteiger partial charge in [0.15, 0.2) is 5.78 Å². The third-order valence-corrected chi connectivity index (χ3v) is 4.71. The molecule has 1 aromatic carbocycles. The van der Waals surface area contributed by atoms with E-state index in [1.165, 1.54) is 28.8 Å². The molecule has 23 heavy (non-hydrogen) atoms. The van der Waals surface area contributed by atoms with Crippen LogP contribution in [0.15, 0.2) is 35.4 Å². The smallest absolute Gasteiger partial charge is 0.308 e. The summed E-state index contributed by atoms with van der Waals surface area (Å²) in [5.74, 6) is -1.88. The molecule has 0 fully saturated rings. The number of carbonyl (C=O) groups is 3. The fourth-order valence-electron chi connectivity index (χ4n) is 2.46. The fraction of sp³-hybridized carbons (Fsp3) is 0.312. The van der Waals surface area contributed by atoms with Gasteiger partial charge in [-0.15, -0.1) is 11.8 Å². The minimum Gasteiger partial charge on any atom is -0.481 e. The zero-order chi connectivity index (χ0) is 17.1. The molecule has 1 N–H and O–H groups in total. The van der Waals surface area contributed by atoms with Crippen LogP contribution in [-0.4, -0.2) is 45.8 Å². The first-order chi connectivity index (χ1) is 10.9. The number of carbonyl (C=O) groups excluding carboxylic acids is 2. The molecule has 1 unspecified atom stereocenters. The van der Waals surface area contributed by atoms with E-state index >= 15 is 0 Å². The van der Waals surface area contributed by atoms with E-state index in [9.17, 15) is 18.8 Å². The van der Waals surface area contributed by atoms with E-state index in [2.05, 4.69) is 0 Å². The Morgan fingerprint density at radius 2 is 1.91 bits per heavy atom. The second-order valence-corrected chi connectivity index (χ2v) is 6.38. The van der Waals surface area contributed by atoms with E-state index in [0.29, 0.717) is 5.75 Å². The van der Waals surface area contributed by atoms with Gasteiger partial charge in [0.2, 0.25) is 0 Å². The summed E-state index contributed by atoms with van der Waals surface area (Å²) in [6.07, 6.45) is -0.508. The number of benzene rings is 1. The van der Waals surface area contributed by atoms with Crippen molar-refractivity contribution < 1.29 is 23.9 Å². The topological polar surface area (TPSA) is 74.7 Å². The van der Waals surface area contributed by atoms with E-state index in [1.54, 1.807) is 7.05 Å². The first-order valence-corrected chi connectivity index (χ1v) is 8.05. The maximum absolute atomic E-state index is 13.0. The van der Waals surface area contributed by atoms with E-state index < -0.39 is 35.3 Å². The average Bonchev–Trinajstić information content (AvgIpc) is 2.72. The lowest BCUT2D eigenvalue weighted by Crippen LogP contribution is -2.31. The molecule has 1 atom stereocenters. The molecule has 2 rings (SSSR count). The standard InChI is InChI=1S/C16H16FNO4S/c1-3-23-16-13(11(8-12(19)20)15(22)18(16)2)14(21)9-4-6-10(17)7-5-9/h4-7,16H,3,8H2,1-2H3,(H,19,20). The number of hydrogen-bond acceptors (Lipinski definition) is 4. The maximum Gasteiger partial charge on any atom is 0.308 e. The largest absolute Gasteiger partial charge is 0.481 e. The highest BCUT2D eigenvalue weighted by molar-refractivity contribution is 8.00. The van der Waals surface area contributed by atoms with Gasteiger partial charge in [-0.1, -0.05) is 6.92 Å². The van der Waals surface area contributed by atoms with Crippen molar-refractivity contribution in [3.05, 3.63) is 46.8 Å². The monoisotopic (exact) mass is 337 g/mol. The van der Waals surface area contributed by atoms with Gasteiger partial charge >= 0.3 is 5.97 Å². The van der Waals surface area contributed by atoms with Gasteiger partial charge < -0.3 is 10.0 Å². The van der Waals surface area contributed by atoms with E-state index in [4.69, 9.17) is 5.11 Å². The van der Waals surface area contributed by atoms with Gasteiger partial charge in [-0.05, 0) is 30.0 Å². The molecule has 0 aromatic heterocycles. The number of rotatable bonds is 6. The van der Waals surface area contributed by atoms with Gasteiger partial charge in [0.1, 0.15) is 11.2 Å². The molecule has 1 aliphatic heterocycles. The Balaban J connectivity index is 2.51. The molecule has 1 amide bonds. The Morgan fingerprint density at radius 1 is 1.30 bits per heavy atom. The average molecular weight is 337 g/mol. The molecular weight excluding hydrogens is 321 g/mol. The Labute approximate surface area is 137 Å². The molecule has 0 aliphatic carbocycles. The van der Waals surface area contributed by atoms with E-state index in [-0.39, 0.29) is 16.7 Å². The quantitative estimate of drug-likeness (QED) is 0.807. The molecule has 0 saturated heterocycles. The number of ketones is 1. The third kappa shape index (κ3) is 3.44. The van der Waals surface area contributed by atoms with Crippen LogP contribution in [0.5, 0.6) is 0 Å². The lowest BCUT2D eigenvalue weighted by atomic mass is 9.98. The Hall–Kier alpha value is -2.15. The Bertz CT molecular complexity index is 684. The number of carboxylic acids is 1. The first-order valence-electron chi connectivity index (χ1n) is 7.00. The zero-order valence-corrected chi connectivity index (χ0v) is 13.5. The second-order valence-electron chi connectivity index (χ2n) is 5.02. The third-order valence-electron chi connectivity index (χ3n) is 3.51. The first kappa shape index (κ1) is 17.2. The summed E-state index contributed by atoms with van der Waals surface area (Å²) in [5.41, 5.74) is 0.410. The van der Waals surface area contributed by atoms with Gasteiger partial charge in [-0.3, -0.25) is 14.4 Å². The Kier molecular flexibility index (Phi) is 5.20. The number of Topliss-reactive ketones (excluding diaryl/α,β-unsaturated/α-hetero) is 1. The minimum absolute atomic E-state index is 0.000255. The summed E-state index contributed by atoms with van der Waals surface area (Å²) in [7, 11) is 1.54. The van der Waals surface area contributed by atoms with Crippen LogP contribution in [-0.2, 0) is 9.59 Å². The number of thioether (sulfide) groups is 1. The van der Waals surface area contributed by atoms with Crippen molar-refractivity contribution >= 4 is 29.4 Å². The zero-order valence-electron chi connectivity index (χ0n) is 12.7. The summed E-state index contributed by atoms with van der Waals surface area (Å²) in [4.78, 5) is 37.5. The van der Waals surface area contributed by atoms with Crippen molar-refractivity contribution in [2.24, 2.45) is 0 Å². The molecule has 0 radical (unpaired) electrons. The summed E-state index contributed by atoms with van der Waals surface area (Å²) < 4.78 is 13.0. The lowest BCUT2D eigenvalue weighted by Gasteiger charge is -2.21. The minimum atomic E-state index is -1.17. The van der Waals surface area contributed by atoms with E-state index in [0.717, 1.165) is 12.1 Å². The highest BCUT2D eigenvalue weighted by atomic mass is 32.2. The van der Waals surface area contributed by atoms with Crippen molar-refractivity contribution in [1.82, 2.24) is 4.90 Å². The number of nitrogens with zero attached hydrogens (tertiary/aromatic N) is 1. The van der Waals surface area contributed by atoms with Crippen molar-refractivity contribution in [3.8, 4) is 0 Å². The molecule has 7 heteroatoms. The number of hydrogen-bond donors (Lipinski definition) is 1. The molecule has 5 nitrogen and oxygen atoms in total. The highest BCUT2D eigenvalue weighted by Crippen LogP contribution is 2.35. The SMILES string of the molecule is CCSC1C(C(=O)c2ccc(F)cc2)=C(CC(=O)O)C(=O)N1C. The van der Waals surface area contributed by atoms with Gasteiger partial charge in [-0.25, -0.2) is 4.39 Å².